The minimum atomic E-state index is -1.19. The van der Waals surface area contributed by atoms with Crippen molar-refractivity contribution in [1.82, 2.24) is 20.4 Å². The zero-order valence-electron chi connectivity index (χ0n) is 16.5. The van der Waals surface area contributed by atoms with Crippen molar-refractivity contribution in [2.24, 2.45) is 0 Å². The molecule has 0 bridgehead atoms. The summed E-state index contributed by atoms with van der Waals surface area (Å²) >= 11 is 3.41. The van der Waals surface area contributed by atoms with Crippen LogP contribution in [0.25, 0.3) is 22.2 Å². The molecule has 1 fully saturated rings. The molecule has 4 aromatic rings. The van der Waals surface area contributed by atoms with Crippen LogP contribution in [-0.2, 0) is 16.9 Å². The summed E-state index contributed by atoms with van der Waals surface area (Å²) in [6.07, 6.45) is 0. The van der Waals surface area contributed by atoms with Crippen LogP contribution in [0, 0.1) is 0 Å². The molecular weight excluding hydrogens is 460 g/mol. The number of benzene rings is 3. The Kier molecular flexibility index (Phi) is 4.59. The second kappa shape index (κ2) is 7.31. The summed E-state index contributed by atoms with van der Waals surface area (Å²) in [7, 11) is 0. The van der Waals surface area contributed by atoms with E-state index in [1.807, 2.05) is 66.7 Å². The molecule has 3 amide bonds. The molecule has 1 atom stereocenters. The van der Waals surface area contributed by atoms with Gasteiger partial charge in [0, 0.05) is 10.0 Å². The number of hydrogen-bond acceptors (Lipinski definition) is 5. The average molecular weight is 477 g/mol. The number of halogens is 1. The molecule has 1 aromatic heterocycles. The fourth-order valence-electron chi connectivity index (χ4n) is 3.88. The lowest BCUT2D eigenvalue weighted by atomic mass is 9.88. The van der Waals surface area contributed by atoms with Gasteiger partial charge < -0.3 is 9.84 Å². The maximum Gasteiger partial charge on any atom is 0.325 e. The first-order valence-corrected chi connectivity index (χ1v) is 10.5. The van der Waals surface area contributed by atoms with Crippen LogP contribution in [0.3, 0.4) is 0 Å². The molecule has 1 unspecified atom stereocenters. The molecule has 5 rings (SSSR count). The van der Waals surface area contributed by atoms with Crippen molar-refractivity contribution in [2.75, 3.05) is 0 Å². The molecule has 7 nitrogen and oxygen atoms in total. The molecule has 8 heteroatoms. The van der Waals surface area contributed by atoms with E-state index in [0.717, 1.165) is 31.3 Å². The van der Waals surface area contributed by atoms with Gasteiger partial charge in [0.25, 0.3) is 5.91 Å². The predicted molar refractivity (Wildman–Crippen MR) is 118 cm³/mol. The lowest BCUT2D eigenvalue weighted by Crippen LogP contribution is -2.41. The molecule has 2 heterocycles. The molecule has 3 aromatic carbocycles. The maximum absolute atomic E-state index is 13.4. The van der Waals surface area contributed by atoms with Crippen molar-refractivity contribution < 1.29 is 14.1 Å². The minimum Gasteiger partial charge on any atom is -0.337 e. The van der Waals surface area contributed by atoms with E-state index in [4.69, 9.17) is 4.52 Å². The number of carbonyl (C=O) groups is 2. The summed E-state index contributed by atoms with van der Waals surface area (Å²) in [5, 5.41) is 8.74. The summed E-state index contributed by atoms with van der Waals surface area (Å²) in [5.74, 6) is 0.205. The number of urea groups is 1. The Balaban J connectivity index is 1.45. The SMILES string of the molecule is CC1(c2cccc3ccccc23)NC(=O)N(Cc2nc(-c3cccc(Br)c3)no2)C1=O. The molecule has 1 aliphatic heterocycles. The van der Waals surface area contributed by atoms with Crippen molar-refractivity contribution in [3.8, 4) is 11.4 Å². The van der Waals surface area contributed by atoms with Crippen LogP contribution in [0.4, 0.5) is 4.79 Å². The number of nitrogens with one attached hydrogen (secondary N) is 1. The van der Waals surface area contributed by atoms with Gasteiger partial charge in [-0.15, -0.1) is 0 Å². The second-order valence-corrected chi connectivity index (χ2v) is 8.41. The minimum absolute atomic E-state index is 0.105. The number of imide groups is 1. The van der Waals surface area contributed by atoms with E-state index in [2.05, 4.69) is 31.4 Å². The molecule has 1 N–H and O–H groups in total. The number of nitrogens with zero attached hydrogens (tertiary/aromatic N) is 3. The highest BCUT2D eigenvalue weighted by Crippen LogP contribution is 2.34. The Morgan fingerprint density at radius 2 is 1.84 bits per heavy atom. The highest BCUT2D eigenvalue weighted by atomic mass is 79.9. The van der Waals surface area contributed by atoms with Gasteiger partial charge in [-0.3, -0.25) is 9.69 Å². The standard InChI is InChI=1S/C23H17BrN4O3/c1-23(18-11-5-7-14-6-2-3-10-17(14)18)21(29)28(22(30)26-23)13-19-25-20(27-31-19)15-8-4-9-16(24)12-15/h2-12H,13H2,1H3,(H,26,30). The summed E-state index contributed by atoms with van der Waals surface area (Å²) in [6, 6.07) is 20.5. The lowest BCUT2D eigenvalue weighted by molar-refractivity contribution is -0.131. The zero-order chi connectivity index (χ0) is 21.6. The number of hydrogen-bond donors (Lipinski definition) is 1. The zero-order valence-corrected chi connectivity index (χ0v) is 18.1. The summed E-state index contributed by atoms with van der Waals surface area (Å²) in [4.78, 5) is 31.6. The summed E-state index contributed by atoms with van der Waals surface area (Å²) < 4.78 is 6.20. The van der Waals surface area contributed by atoms with Crippen molar-refractivity contribution >= 4 is 38.6 Å². The molecule has 0 saturated carbocycles. The van der Waals surface area contributed by atoms with Crippen LogP contribution >= 0.6 is 15.9 Å². The number of aromatic nitrogens is 2. The Bertz CT molecular complexity index is 1330. The predicted octanol–water partition coefficient (Wildman–Crippen LogP) is 4.62. The van der Waals surface area contributed by atoms with Gasteiger partial charge in [0.2, 0.25) is 11.7 Å². The van der Waals surface area contributed by atoms with Gasteiger partial charge in [0.1, 0.15) is 12.1 Å². The molecule has 31 heavy (non-hydrogen) atoms. The first-order chi connectivity index (χ1) is 15.0. The van der Waals surface area contributed by atoms with E-state index in [9.17, 15) is 9.59 Å². The fraction of sp³-hybridized carbons (Fsp3) is 0.130. The Hall–Kier alpha value is -3.52. The van der Waals surface area contributed by atoms with Gasteiger partial charge >= 0.3 is 6.03 Å². The van der Waals surface area contributed by atoms with Crippen LogP contribution < -0.4 is 5.32 Å². The van der Waals surface area contributed by atoms with E-state index in [1.54, 1.807) is 6.92 Å². The van der Waals surface area contributed by atoms with Crippen LogP contribution in [0.1, 0.15) is 18.4 Å². The van der Waals surface area contributed by atoms with Crippen LogP contribution in [0.15, 0.2) is 75.7 Å². The van der Waals surface area contributed by atoms with Gasteiger partial charge in [-0.1, -0.05) is 75.7 Å². The van der Waals surface area contributed by atoms with Gasteiger partial charge in [-0.2, -0.15) is 4.98 Å². The fourth-order valence-corrected chi connectivity index (χ4v) is 4.28. The van der Waals surface area contributed by atoms with Crippen LogP contribution in [-0.4, -0.2) is 27.0 Å². The van der Waals surface area contributed by atoms with E-state index in [-0.39, 0.29) is 18.3 Å². The lowest BCUT2D eigenvalue weighted by Gasteiger charge is -2.23. The third kappa shape index (κ3) is 3.29. The van der Waals surface area contributed by atoms with Gasteiger partial charge in [-0.25, -0.2) is 4.79 Å². The summed E-state index contributed by atoms with van der Waals surface area (Å²) in [6.45, 7) is 1.61. The smallest absolute Gasteiger partial charge is 0.325 e. The first kappa shape index (κ1) is 19.4. The maximum atomic E-state index is 13.4. The molecule has 0 spiro atoms. The second-order valence-electron chi connectivity index (χ2n) is 7.50. The average Bonchev–Trinajstić information content (AvgIpc) is 3.33. The third-order valence-electron chi connectivity index (χ3n) is 5.45. The Labute approximate surface area is 186 Å². The van der Waals surface area contributed by atoms with E-state index in [1.165, 1.54) is 0 Å². The van der Waals surface area contributed by atoms with Crippen LogP contribution in [0.2, 0.25) is 0 Å². The molecule has 1 aliphatic rings. The molecule has 1 saturated heterocycles. The largest absolute Gasteiger partial charge is 0.337 e. The number of carbonyl (C=O) groups excluding carboxylic acids is 2. The molecule has 0 aliphatic carbocycles. The number of fused-ring (bicyclic) bond motifs is 1. The van der Waals surface area contributed by atoms with Crippen molar-refractivity contribution in [1.29, 1.82) is 0 Å². The highest BCUT2D eigenvalue weighted by Gasteiger charge is 2.50. The quantitative estimate of drug-likeness (QED) is 0.434. The first-order valence-electron chi connectivity index (χ1n) is 9.66. The van der Waals surface area contributed by atoms with E-state index in [0.29, 0.717) is 5.82 Å². The van der Waals surface area contributed by atoms with Crippen LogP contribution in [0.5, 0.6) is 0 Å². The Morgan fingerprint density at radius 1 is 1.06 bits per heavy atom. The van der Waals surface area contributed by atoms with Crippen molar-refractivity contribution in [2.45, 2.75) is 19.0 Å². The van der Waals surface area contributed by atoms with Gasteiger partial charge in [0.15, 0.2) is 0 Å². The topological polar surface area (TPSA) is 88.3 Å². The number of rotatable bonds is 4. The molecule has 0 radical (unpaired) electrons. The number of amides is 3. The van der Waals surface area contributed by atoms with E-state index >= 15 is 0 Å². The monoisotopic (exact) mass is 476 g/mol. The third-order valence-corrected chi connectivity index (χ3v) is 5.94. The summed E-state index contributed by atoms with van der Waals surface area (Å²) in [5.41, 5.74) is 0.319. The highest BCUT2D eigenvalue weighted by molar-refractivity contribution is 9.10. The molecule has 154 valence electrons. The van der Waals surface area contributed by atoms with Crippen molar-refractivity contribution in [3.63, 3.8) is 0 Å². The Morgan fingerprint density at radius 3 is 2.68 bits per heavy atom. The van der Waals surface area contributed by atoms with Gasteiger partial charge in [-0.05, 0) is 35.4 Å². The van der Waals surface area contributed by atoms with Gasteiger partial charge in [0.05, 0.1) is 0 Å². The van der Waals surface area contributed by atoms with Crippen molar-refractivity contribution in [3.05, 3.63) is 82.7 Å². The molecular formula is C23H17BrN4O3. The normalized spacial score (nSPS) is 18.6. The van der Waals surface area contributed by atoms with E-state index < -0.39 is 11.6 Å².